The number of amides is 1. The van der Waals surface area contributed by atoms with Crippen molar-refractivity contribution in [2.45, 2.75) is 89.1 Å². The van der Waals surface area contributed by atoms with Crippen LogP contribution in [0.1, 0.15) is 69.1 Å². The van der Waals surface area contributed by atoms with E-state index in [4.69, 9.17) is 25.5 Å². The van der Waals surface area contributed by atoms with Gasteiger partial charge in [0.15, 0.2) is 19.8 Å². The number of hydrogen-bond donors (Lipinski definition) is 2. The third-order valence-electron chi connectivity index (χ3n) is 8.69. The topological polar surface area (TPSA) is 89.9 Å². The lowest BCUT2D eigenvalue weighted by molar-refractivity contribution is -0.265. The van der Waals surface area contributed by atoms with Crippen LogP contribution in [-0.4, -0.2) is 50.2 Å². The third-order valence-corrected chi connectivity index (χ3v) is 13.6. The Labute approximate surface area is 278 Å². The summed E-state index contributed by atoms with van der Waals surface area (Å²) in [5.41, 5.74) is -5.06. The molecule has 13 heteroatoms. The summed E-state index contributed by atoms with van der Waals surface area (Å²) >= 11 is 6.02. The Morgan fingerprint density at radius 2 is 1.68 bits per heavy atom. The number of pyridine rings is 1. The Kier molecular flexibility index (Phi) is 10.1. The van der Waals surface area contributed by atoms with Crippen LogP contribution in [0.4, 0.5) is 17.6 Å². The Morgan fingerprint density at radius 1 is 1.02 bits per heavy atom. The highest BCUT2D eigenvalue weighted by molar-refractivity contribution is 6.74. The van der Waals surface area contributed by atoms with Gasteiger partial charge in [-0.1, -0.05) is 32.4 Å². The van der Waals surface area contributed by atoms with Gasteiger partial charge in [0.25, 0.3) is 5.91 Å². The van der Waals surface area contributed by atoms with Gasteiger partial charge in [0.05, 0.1) is 41.8 Å². The van der Waals surface area contributed by atoms with E-state index < -0.39 is 49.7 Å². The molecule has 1 amide bonds. The zero-order valence-electron chi connectivity index (χ0n) is 27.7. The first-order valence-corrected chi connectivity index (χ1v) is 18.5. The molecule has 3 aromatic rings. The number of benzene rings is 2. The fourth-order valence-electron chi connectivity index (χ4n) is 4.66. The van der Waals surface area contributed by atoms with Gasteiger partial charge in [0, 0.05) is 11.1 Å². The van der Waals surface area contributed by atoms with E-state index in [-0.39, 0.29) is 44.3 Å². The van der Waals surface area contributed by atoms with Crippen LogP contribution in [0.5, 0.6) is 11.5 Å². The second kappa shape index (κ2) is 13.0. The average Bonchev–Trinajstić information content (AvgIpc) is 3.79. The average molecular weight is 697 g/mol. The fraction of sp³-hybridized carbons (Fsp3) is 0.471. The SMILES string of the molecule is COc1cc(C(=O)NCC(O)(c2cc(C(C)(C)O[Si](C)(C)C(C)(C)C)cc(-c3ccc(F)c(Cl)c3)n2)C(F)(F)F)ccc1OC1CC1. The van der Waals surface area contributed by atoms with Gasteiger partial charge in [0.2, 0.25) is 5.60 Å². The minimum absolute atomic E-state index is 0.00165. The summed E-state index contributed by atoms with van der Waals surface area (Å²) in [4.78, 5) is 17.3. The van der Waals surface area contributed by atoms with Gasteiger partial charge in [0.1, 0.15) is 5.82 Å². The number of carbonyl (C=O) groups excluding carboxylic acids is 1. The molecular formula is C34H41ClF4N2O5Si. The second-order valence-electron chi connectivity index (χ2n) is 13.9. The highest BCUT2D eigenvalue weighted by Crippen LogP contribution is 2.44. The predicted octanol–water partition coefficient (Wildman–Crippen LogP) is 8.53. The maximum absolute atomic E-state index is 14.9. The summed E-state index contributed by atoms with van der Waals surface area (Å²) in [5.74, 6) is -0.939. The smallest absolute Gasteiger partial charge is 0.424 e. The molecule has 7 nitrogen and oxygen atoms in total. The quantitative estimate of drug-likeness (QED) is 0.154. The normalized spacial score (nSPS) is 15.6. The molecule has 1 saturated carbocycles. The summed E-state index contributed by atoms with van der Waals surface area (Å²) < 4.78 is 76.4. The standard InChI is InChI=1S/C34H41ClF4N2O5Si/c1-31(2,3)47(7,8)46-32(4,5)22-17-26(20-9-13-25(36)24(35)15-20)41-29(18-22)33(43,34(37,38)39)19-40-30(42)21-10-14-27(28(16-21)44-6)45-23-11-12-23/h9-10,13-18,23,43H,11-12,19H2,1-8H3,(H,40,42). The summed E-state index contributed by atoms with van der Waals surface area (Å²) in [7, 11) is -1.08. The molecular weight excluding hydrogens is 656 g/mol. The van der Waals surface area contributed by atoms with E-state index in [1.807, 2.05) is 33.9 Å². The Bertz CT molecular complexity index is 1640. The molecule has 47 heavy (non-hydrogen) atoms. The van der Waals surface area contributed by atoms with Crippen molar-refractivity contribution in [3.8, 4) is 22.8 Å². The maximum Gasteiger partial charge on any atom is 0.424 e. The largest absolute Gasteiger partial charge is 0.493 e. The van der Waals surface area contributed by atoms with Crippen LogP contribution in [0.2, 0.25) is 23.2 Å². The van der Waals surface area contributed by atoms with Crippen molar-refractivity contribution in [2.75, 3.05) is 13.7 Å². The Morgan fingerprint density at radius 3 is 2.23 bits per heavy atom. The van der Waals surface area contributed by atoms with Crippen molar-refractivity contribution in [1.82, 2.24) is 10.3 Å². The highest BCUT2D eigenvalue weighted by atomic mass is 35.5. The molecule has 0 radical (unpaired) electrons. The molecule has 0 saturated heterocycles. The number of alkyl halides is 3. The van der Waals surface area contributed by atoms with E-state index in [0.29, 0.717) is 5.75 Å². The van der Waals surface area contributed by atoms with E-state index in [1.54, 1.807) is 13.8 Å². The van der Waals surface area contributed by atoms with Crippen molar-refractivity contribution in [1.29, 1.82) is 0 Å². The highest BCUT2D eigenvalue weighted by Gasteiger charge is 2.57. The molecule has 1 unspecified atom stereocenters. The molecule has 0 spiro atoms. The molecule has 0 aliphatic heterocycles. The van der Waals surface area contributed by atoms with Crippen LogP contribution in [-0.2, 0) is 15.6 Å². The molecule has 1 aromatic heterocycles. The van der Waals surface area contributed by atoms with Crippen LogP contribution in [0.25, 0.3) is 11.3 Å². The number of hydrogen-bond acceptors (Lipinski definition) is 6. The van der Waals surface area contributed by atoms with Crippen LogP contribution >= 0.6 is 11.6 Å². The molecule has 1 aliphatic rings. The van der Waals surface area contributed by atoms with Crippen LogP contribution in [0, 0.1) is 5.82 Å². The number of nitrogens with one attached hydrogen (secondary N) is 1. The third kappa shape index (κ3) is 8.10. The van der Waals surface area contributed by atoms with E-state index in [1.165, 1.54) is 43.5 Å². The van der Waals surface area contributed by atoms with Crippen LogP contribution < -0.4 is 14.8 Å². The minimum atomic E-state index is -5.28. The first-order chi connectivity index (χ1) is 21.6. The lowest BCUT2D eigenvalue weighted by Crippen LogP contribution is -2.52. The molecule has 1 aliphatic carbocycles. The van der Waals surface area contributed by atoms with Crippen molar-refractivity contribution in [3.05, 3.63) is 76.2 Å². The zero-order chi connectivity index (χ0) is 35.2. The van der Waals surface area contributed by atoms with E-state index in [0.717, 1.165) is 25.0 Å². The monoisotopic (exact) mass is 696 g/mol. The Hall–Kier alpha value is -3.19. The minimum Gasteiger partial charge on any atom is -0.493 e. The number of nitrogens with zero attached hydrogens (tertiary/aromatic N) is 1. The van der Waals surface area contributed by atoms with Crippen LogP contribution in [0.3, 0.4) is 0 Å². The predicted molar refractivity (Wildman–Crippen MR) is 175 cm³/mol. The zero-order valence-corrected chi connectivity index (χ0v) is 29.5. The molecule has 2 N–H and O–H groups in total. The number of aliphatic hydroxyl groups is 1. The molecule has 0 bridgehead atoms. The number of aromatic nitrogens is 1. The summed E-state index contributed by atoms with van der Waals surface area (Å²) in [5, 5.41) is 13.2. The molecule has 2 aromatic carbocycles. The van der Waals surface area contributed by atoms with Crippen LogP contribution in [0.15, 0.2) is 48.5 Å². The molecule has 4 rings (SSSR count). The number of ether oxygens (including phenoxy) is 2. The van der Waals surface area contributed by atoms with Crippen molar-refractivity contribution >= 4 is 25.8 Å². The van der Waals surface area contributed by atoms with Crippen molar-refractivity contribution < 1.29 is 41.4 Å². The summed E-state index contributed by atoms with van der Waals surface area (Å²) in [6, 6.07) is 10.6. The molecule has 1 atom stereocenters. The van der Waals surface area contributed by atoms with Gasteiger partial charge in [-0.3, -0.25) is 4.79 Å². The fourth-order valence-corrected chi connectivity index (χ4v) is 6.54. The molecule has 1 fully saturated rings. The number of carbonyl (C=O) groups is 1. The Balaban J connectivity index is 1.77. The lowest BCUT2D eigenvalue weighted by atomic mass is 9.90. The maximum atomic E-state index is 14.9. The molecule has 256 valence electrons. The number of methoxy groups -OCH3 is 1. The van der Waals surface area contributed by atoms with E-state index in [9.17, 15) is 27.5 Å². The first kappa shape index (κ1) is 36.6. The number of rotatable bonds is 11. The lowest BCUT2D eigenvalue weighted by Gasteiger charge is -2.43. The molecule has 1 heterocycles. The summed E-state index contributed by atoms with van der Waals surface area (Å²) in [6.45, 7) is 12.3. The van der Waals surface area contributed by atoms with Gasteiger partial charge in [-0.05, 0) is 98.9 Å². The number of halogens is 5. The van der Waals surface area contributed by atoms with Crippen molar-refractivity contribution in [3.63, 3.8) is 0 Å². The van der Waals surface area contributed by atoms with Gasteiger partial charge >= 0.3 is 6.18 Å². The van der Waals surface area contributed by atoms with Gasteiger partial charge in [-0.2, -0.15) is 13.2 Å². The van der Waals surface area contributed by atoms with E-state index >= 15 is 0 Å². The first-order valence-electron chi connectivity index (χ1n) is 15.2. The van der Waals surface area contributed by atoms with Gasteiger partial charge in [-0.15, -0.1) is 0 Å². The van der Waals surface area contributed by atoms with E-state index in [2.05, 4.69) is 10.3 Å². The second-order valence-corrected chi connectivity index (χ2v) is 19.0. The summed E-state index contributed by atoms with van der Waals surface area (Å²) in [6.07, 6.45) is -3.44. The van der Waals surface area contributed by atoms with Gasteiger partial charge < -0.3 is 24.3 Å². The van der Waals surface area contributed by atoms with Gasteiger partial charge in [-0.25, -0.2) is 9.37 Å². The van der Waals surface area contributed by atoms with Crippen molar-refractivity contribution in [2.24, 2.45) is 0 Å².